The van der Waals surface area contributed by atoms with Crippen LogP contribution in [0.1, 0.15) is 43.6 Å². The van der Waals surface area contributed by atoms with Gasteiger partial charge in [0, 0.05) is 6.04 Å². The molecule has 1 amide bonds. The molecule has 1 heterocycles. The van der Waals surface area contributed by atoms with Crippen LogP contribution in [-0.2, 0) is 11.3 Å². The number of aliphatic carboxylic acids is 1. The zero-order valence-corrected chi connectivity index (χ0v) is 10.6. The lowest BCUT2D eigenvalue weighted by Gasteiger charge is -2.14. The topological polar surface area (TPSA) is 97.1 Å². The first-order valence-electron chi connectivity index (χ1n) is 5.99. The molecule has 0 bridgehead atoms. The molecule has 7 nitrogen and oxygen atoms in total. The van der Waals surface area contributed by atoms with Crippen molar-refractivity contribution >= 4 is 11.9 Å². The summed E-state index contributed by atoms with van der Waals surface area (Å²) in [6.07, 6.45) is 4.08. The van der Waals surface area contributed by atoms with E-state index >= 15 is 0 Å². The summed E-state index contributed by atoms with van der Waals surface area (Å²) in [6, 6.07) is 0.118. The molecule has 0 fully saturated rings. The van der Waals surface area contributed by atoms with Crippen molar-refractivity contribution in [2.75, 3.05) is 0 Å². The number of nitrogens with zero attached hydrogens (tertiary/aromatic N) is 3. The predicted octanol–water partition coefficient (Wildman–Crippen LogP) is 0.671. The normalized spacial score (nSPS) is 12.1. The van der Waals surface area contributed by atoms with E-state index < -0.39 is 5.97 Å². The number of carbonyl (C=O) groups is 2. The van der Waals surface area contributed by atoms with Crippen LogP contribution in [0, 0.1) is 0 Å². The van der Waals surface area contributed by atoms with Gasteiger partial charge >= 0.3 is 5.97 Å². The maximum absolute atomic E-state index is 11.8. The molecular formula is C11H18N4O3. The molecule has 0 spiro atoms. The van der Waals surface area contributed by atoms with Crippen molar-refractivity contribution in [1.29, 1.82) is 0 Å². The van der Waals surface area contributed by atoms with E-state index in [1.54, 1.807) is 0 Å². The first-order valence-corrected chi connectivity index (χ1v) is 5.99. The molecule has 100 valence electrons. The minimum Gasteiger partial charge on any atom is -0.480 e. The lowest BCUT2D eigenvalue weighted by atomic mass is 10.1. The van der Waals surface area contributed by atoms with Crippen molar-refractivity contribution in [3.05, 3.63) is 11.9 Å². The van der Waals surface area contributed by atoms with Gasteiger partial charge in [0.15, 0.2) is 5.69 Å². The largest absolute Gasteiger partial charge is 0.480 e. The monoisotopic (exact) mass is 254 g/mol. The Morgan fingerprint density at radius 2 is 2.22 bits per heavy atom. The number of amides is 1. The van der Waals surface area contributed by atoms with E-state index in [0.717, 1.165) is 23.9 Å². The Balaban J connectivity index is 2.60. The van der Waals surface area contributed by atoms with Gasteiger partial charge in [-0.3, -0.25) is 9.59 Å². The molecular weight excluding hydrogens is 236 g/mol. The second-order valence-electron chi connectivity index (χ2n) is 4.06. The SMILES string of the molecule is CCCC(CC)NC(=O)c1cn(CC(=O)O)nn1. The number of rotatable bonds is 7. The Morgan fingerprint density at radius 3 is 2.78 bits per heavy atom. The number of hydrogen-bond donors (Lipinski definition) is 2. The summed E-state index contributed by atoms with van der Waals surface area (Å²) >= 11 is 0. The van der Waals surface area contributed by atoms with Gasteiger partial charge in [0.25, 0.3) is 5.91 Å². The van der Waals surface area contributed by atoms with Gasteiger partial charge < -0.3 is 10.4 Å². The molecule has 0 radical (unpaired) electrons. The van der Waals surface area contributed by atoms with Gasteiger partial charge in [-0.1, -0.05) is 25.5 Å². The molecule has 0 aliphatic carbocycles. The second kappa shape index (κ2) is 6.73. The third kappa shape index (κ3) is 4.15. The van der Waals surface area contributed by atoms with E-state index in [0.29, 0.717) is 0 Å². The van der Waals surface area contributed by atoms with E-state index in [4.69, 9.17) is 5.11 Å². The summed E-state index contributed by atoms with van der Waals surface area (Å²) in [5.74, 6) is -1.34. The van der Waals surface area contributed by atoms with Crippen LogP contribution in [0.5, 0.6) is 0 Å². The van der Waals surface area contributed by atoms with Crippen molar-refractivity contribution < 1.29 is 14.7 Å². The quantitative estimate of drug-likeness (QED) is 0.745. The van der Waals surface area contributed by atoms with Crippen molar-refractivity contribution in [1.82, 2.24) is 20.3 Å². The molecule has 7 heteroatoms. The van der Waals surface area contributed by atoms with Gasteiger partial charge in [0.05, 0.1) is 6.20 Å². The van der Waals surface area contributed by atoms with Crippen molar-refractivity contribution in [2.45, 2.75) is 45.7 Å². The van der Waals surface area contributed by atoms with Crippen LogP contribution in [0.15, 0.2) is 6.20 Å². The van der Waals surface area contributed by atoms with Gasteiger partial charge in [-0.15, -0.1) is 5.10 Å². The Hall–Kier alpha value is -1.92. The Morgan fingerprint density at radius 1 is 1.50 bits per heavy atom. The lowest BCUT2D eigenvalue weighted by Crippen LogP contribution is -2.34. The smallest absolute Gasteiger partial charge is 0.325 e. The summed E-state index contributed by atoms with van der Waals surface area (Å²) < 4.78 is 1.12. The summed E-state index contributed by atoms with van der Waals surface area (Å²) in [7, 11) is 0. The zero-order chi connectivity index (χ0) is 13.5. The average molecular weight is 254 g/mol. The molecule has 1 aromatic heterocycles. The standard InChI is InChI=1S/C11H18N4O3/c1-3-5-8(4-2)12-11(18)9-6-15(14-13-9)7-10(16)17/h6,8H,3-5,7H2,1-2H3,(H,12,18)(H,16,17). The Labute approximate surface area is 105 Å². The average Bonchev–Trinajstić information content (AvgIpc) is 2.76. The van der Waals surface area contributed by atoms with Crippen LogP contribution in [-0.4, -0.2) is 38.0 Å². The van der Waals surface area contributed by atoms with Gasteiger partial charge in [-0.2, -0.15) is 0 Å². The van der Waals surface area contributed by atoms with E-state index in [-0.39, 0.29) is 24.2 Å². The molecule has 0 aliphatic heterocycles. The molecule has 0 saturated heterocycles. The summed E-state index contributed by atoms with van der Waals surface area (Å²) in [5.41, 5.74) is 0.144. The highest BCUT2D eigenvalue weighted by atomic mass is 16.4. The molecule has 1 unspecified atom stereocenters. The maximum atomic E-state index is 11.8. The van der Waals surface area contributed by atoms with Gasteiger partial charge in [0.2, 0.25) is 0 Å². The molecule has 2 N–H and O–H groups in total. The van der Waals surface area contributed by atoms with Crippen molar-refractivity contribution in [3.8, 4) is 0 Å². The van der Waals surface area contributed by atoms with E-state index in [1.807, 2.05) is 6.92 Å². The number of hydrogen-bond acceptors (Lipinski definition) is 4. The van der Waals surface area contributed by atoms with Crippen LogP contribution < -0.4 is 5.32 Å². The number of nitrogens with one attached hydrogen (secondary N) is 1. The molecule has 0 saturated carbocycles. The number of carboxylic acids is 1. The molecule has 0 aromatic carbocycles. The molecule has 18 heavy (non-hydrogen) atoms. The van der Waals surface area contributed by atoms with Gasteiger partial charge in [0.1, 0.15) is 6.54 Å². The first-order chi connectivity index (χ1) is 8.56. The lowest BCUT2D eigenvalue weighted by molar-refractivity contribution is -0.137. The van der Waals surface area contributed by atoms with Crippen LogP contribution in [0.2, 0.25) is 0 Å². The number of aromatic nitrogens is 3. The first kappa shape index (κ1) is 14.1. The summed E-state index contributed by atoms with van der Waals surface area (Å²) in [4.78, 5) is 22.3. The maximum Gasteiger partial charge on any atom is 0.325 e. The molecule has 1 atom stereocenters. The fourth-order valence-electron chi connectivity index (χ4n) is 1.60. The Bertz CT molecular complexity index is 416. The molecule has 1 rings (SSSR count). The minimum atomic E-state index is -1.02. The summed E-state index contributed by atoms with van der Waals surface area (Å²) in [6.45, 7) is 3.76. The molecule has 0 aliphatic rings. The summed E-state index contributed by atoms with van der Waals surface area (Å²) in [5, 5.41) is 18.7. The van der Waals surface area contributed by atoms with Crippen molar-refractivity contribution in [3.63, 3.8) is 0 Å². The second-order valence-corrected chi connectivity index (χ2v) is 4.06. The highest BCUT2D eigenvalue weighted by Crippen LogP contribution is 2.02. The third-order valence-corrected chi connectivity index (χ3v) is 2.53. The van der Waals surface area contributed by atoms with Crippen molar-refractivity contribution in [2.24, 2.45) is 0 Å². The van der Waals surface area contributed by atoms with Gasteiger partial charge in [-0.25, -0.2) is 4.68 Å². The highest BCUT2D eigenvalue weighted by Gasteiger charge is 2.15. The fraction of sp³-hybridized carbons (Fsp3) is 0.636. The zero-order valence-electron chi connectivity index (χ0n) is 10.6. The van der Waals surface area contributed by atoms with Gasteiger partial charge in [-0.05, 0) is 12.8 Å². The number of carbonyl (C=O) groups excluding carboxylic acids is 1. The van der Waals surface area contributed by atoms with E-state index in [1.165, 1.54) is 6.20 Å². The molecule has 1 aromatic rings. The third-order valence-electron chi connectivity index (χ3n) is 2.53. The number of carboxylic acid groups (broad SMARTS) is 1. The fourth-order valence-corrected chi connectivity index (χ4v) is 1.60. The van der Waals surface area contributed by atoms with Crippen LogP contribution >= 0.6 is 0 Å². The van der Waals surface area contributed by atoms with Crippen LogP contribution in [0.3, 0.4) is 0 Å². The predicted molar refractivity (Wildman–Crippen MR) is 64.1 cm³/mol. The minimum absolute atomic E-state index is 0.118. The van der Waals surface area contributed by atoms with E-state index in [9.17, 15) is 9.59 Å². The van der Waals surface area contributed by atoms with Crippen LogP contribution in [0.4, 0.5) is 0 Å². The Kier molecular flexibility index (Phi) is 5.29. The van der Waals surface area contributed by atoms with Crippen LogP contribution in [0.25, 0.3) is 0 Å². The van der Waals surface area contributed by atoms with E-state index in [2.05, 4.69) is 22.6 Å². The highest BCUT2D eigenvalue weighted by molar-refractivity contribution is 5.92.